The predicted octanol–water partition coefficient (Wildman–Crippen LogP) is 4.63. The number of carbonyl (C=O) groups is 1. The molecule has 0 amide bonds. The van der Waals surface area contributed by atoms with Crippen LogP contribution in [0.2, 0.25) is 0 Å². The molecule has 9 nitrogen and oxygen atoms in total. The molecule has 4 aromatic rings. The monoisotopic (exact) mass is 593 g/mol. The molecule has 3 aromatic carbocycles. The van der Waals surface area contributed by atoms with E-state index in [2.05, 4.69) is 27.0 Å². The Bertz CT molecular complexity index is 1570. The summed E-state index contributed by atoms with van der Waals surface area (Å²) >= 11 is 0. The summed E-state index contributed by atoms with van der Waals surface area (Å²) < 4.78 is 47.1. The van der Waals surface area contributed by atoms with E-state index in [4.69, 9.17) is 19.3 Å². The maximum Gasteiger partial charge on any atom is 0.332 e. The standard InChI is InChI=1S/C32H33F2N3O6/c33-25-14-26-30(36-32(35-26)43-24-9-11-42-27(13-24)31(39)40)29(34)28(25)23-7-5-22(6-8-23)21-3-1-19(2-4-21)15-37-16-20(17-37)18-41-12-10-38/h1-8,14,20,24,27,38H,9-13,15-18H2,(H,35,36)(H,39,40)/t24?,27-/m0/s1. The summed E-state index contributed by atoms with van der Waals surface area (Å²) in [5.41, 5.74) is 3.42. The first kappa shape index (κ1) is 29.2. The number of carboxylic acid groups (broad SMARTS) is 1. The molecule has 2 atom stereocenters. The van der Waals surface area contributed by atoms with Gasteiger partial charge in [-0.15, -0.1) is 0 Å². The number of benzene rings is 3. The molecule has 1 unspecified atom stereocenters. The summed E-state index contributed by atoms with van der Waals surface area (Å²) in [5, 5.41) is 18.0. The van der Waals surface area contributed by atoms with Gasteiger partial charge in [0, 0.05) is 44.5 Å². The van der Waals surface area contributed by atoms with E-state index in [1.165, 1.54) is 11.6 Å². The molecular formula is C32H33F2N3O6. The number of hydrogen-bond donors (Lipinski definition) is 3. The van der Waals surface area contributed by atoms with Gasteiger partial charge >= 0.3 is 5.97 Å². The second-order valence-corrected chi connectivity index (χ2v) is 11.1. The largest absolute Gasteiger partial charge is 0.479 e. The summed E-state index contributed by atoms with van der Waals surface area (Å²) in [5.74, 6) is -2.10. The van der Waals surface area contributed by atoms with Crippen LogP contribution in [0.25, 0.3) is 33.3 Å². The lowest BCUT2D eigenvalue weighted by atomic mass is 9.97. The lowest BCUT2D eigenvalue weighted by molar-refractivity contribution is -0.156. The van der Waals surface area contributed by atoms with Crippen LogP contribution in [0.5, 0.6) is 6.01 Å². The van der Waals surface area contributed by atoms with Crippen molar-refractivity contribution >= 4 is 17.0 Å². The maximum absolute atomic E-state index is 15.6. The first-order valence-corrected chi connectivity index (χ1v) is 14.4. The van der Waals surface area contributed by atoms with Gasteiger partial charge in [0.15, 0.2) is 11.9 Å². The van der Waals surface area contributed by atoms with Gasteiger partial charge in [0.1, 0.15) is 17.4 Å². The lowest BCUT2D eigenvalue weighted by Crippen LogP contribution is -2.48. The first-order valence-electron chi connectivity index (χ1n) is 14.4. The van der Waals surface area contributed by atoms with E-state index < -0.39 is 29.8 Å². The number of hydrogen-bond acceptors (Lipinski definition) is 7. The summed E-state index contributed by atoms with van der Waals surface area (Å²) in [4.78, 5) is 20.6. The van der Waals surface area contributed by atoms with Crippen LogP contribution < -0.4 is 4.74 Å². The number of imidazole rings is 1. The van der Waals surface area contributed by atoms with Crippen molar-refractivity contribution in [1.82, 2.24) is 14.9 Å². The van der Waals surface area contributed by atoms with Crippen LogP contribution in [0, 0.1) is 17.6 Å². The van der Waals surface area contributed by atoms with Gasteiger partial charge in [-0.05, 0) is 22.3 Å². The van der Waals surface area contributed by atoms with Gasteiger partial charge < -0.3 is 29.4 Å². The molecule has 2 aliphatic rings. The summed E-state index contributed by atoms with van der Waals surface area (Å²) in [6.07, 6.45) is -0.868. The van der Waals surface area contributed by atoms with Crippen molar-refractivity contribution in [1.29, 1.82) is 0 Å². The Kier molecular flexibility index (Phi) is 8.66. The van der Waals surface area contributed by atoms with Crippen LogP contribution in [0.1, 0.15) is 18.4 Å². The van der Waals surface area contributed by atoms with Gasteiger partial charge in [-0.2, -0.15) is 4.98 Å². The quantitative estimate of drug-likeness (QED) is 0.216. The summed E-state index contributed by atoms with van der Waals surface area (Å²) in [7, 11) is 0. The number of aliphatic hydroxyl groups excluding tert-OH is 1. The fourth-order valence-corrected chi connectivity index (χ4v) is 5.70. The molecular weight excluding hydrogens is 560 g/mol. The lowest BCUT2D eigenvalue weighted by Gasteiger charge is -2.39. The highest BCUT2D eigenvalue weighted by atomic mass is 19.1. The van der Waals surface area contributed by atoms with Crippen molar-refractivity contribution in [3.8, 4) is 28.3 Å². The highest BCUT2D eigenvalue weighted by Gasteiger charge is 2.30. The molecule has 3 heterocycles. The van der Waals surface area contributed by atoms with Crippen molar-refractivity contribution < 1.29 is 38.0 Å². The topological polar surface area (TPSA) is 117 Å². The SMILES string of the molecule is O=C(O)[C@@H]1CC(Oc2nc3c(F)c(-c4ccc(-c5ccc(CN6CC(COCCO)C6)cc5)cc4)c(F)cc3[nH]2)CCO1. The predicted molar refractivity (Wildman–Crippen MR) is 155 cm³/mol. The highest BCUT2D eigenvalue weighted by molar-refractivity contribution is 5.84. The van der Waals surface area contributed by atoms with Crippen molar-refractivity contribution in [2.45, 2.75) is 31.6 Å². The third-order valence-corrected chi connectivity index (χ3v) is 7.93. The minimum Gasteiger partial charge on any atom is -0.479 e. The number of H-pyrrole nitrogens is 1. The van der Waals surface area contributed by atoms with Crippen molar-refractivity contribution in [2.75, 3.05) is 39.5 Å². The van der Waals surface area contributed by atoms with Gasteiger partial charge in [-0.1, -0.05) is 48.5 Å². The average molecular weight is 594 g/mol. The van der Waals surface area contributed by atoms with Gasteiger partial charge in [-0.3, -0.25) is 4.90 Å². The molecule has 0 spiro atoms. The Morgan fingerprint density at radius 3 is 2.47 bits per heavy atom. The van der Waals surface area contributed by atoms with Crippen LogP contribution >= 0.6 is 0 Å². The molecule has 6 rings (SSSR count). The zero-order chi connectivity index (χ0) is 29.9. The third kappa shape index (κ3) is 6.54. The third-order valence-electron chi connectivity index (χ3n) is 7.93. The minimum atomic E-state index is -1.07. The molecule has 0 bridgehead atoms. The van der Waals surface area contributed by atoms with Crippen molar-refractivity contribution in [3.63, 3.8) is 0 Å². The number of likely N-dealkylation sites (tertiary alicyclic amines) is 1. The molecule has 0 radical (unpaired) electrons. The summed E-state index contributed by atoms with van der Waals surface area (Å²) in [6, 6.07) is 16.5. The second-order valence-electron chi connectivity index (χ2n) is 11.1. The number of nitrogens with zero attached hydrogens (tertiary/aromatic N) is 2. The fourth-order valence-electron chi connectivity index (χ4n) is 5.70. The Morgan fingerprint density at radius 2 is 1.77 bits per heavy atom. The van der Waals surface area contributed by atoms with Gasteiger partial charge in [0.05, 0.1) is 37.5 Å². The van der Waals surface area contributed by atoms with E-state index in [1.54, 1.807) is 12.1 Å². The molecule has 3 N–H and O–H groups in total. The van der Waals surface area contributed by atoms with Crippen LogP contribution in [-0.4, -0.2) is 82.8 Å². The van der Waals surface area contributed by atoms with Crippen LogP contribution in [0.4, 0.5) is 8.78 Å². The van der Waals surface area contributed by atoms with E-state index in [1.807, 2.05) is 24.3 Å². The number of aliphatic hydroxyl groups is 1. The van der Waals surface area contributed by atoms with Gasteiger partial charge in [0.25, 0.3) is 6.01 Å². The van der Waals surface area contributed by atoms with Crippen molar-refractivity contribution in [2.24, 2.45) is 5.92 Å². The zero-order valence-corrected chi connectivity index (χ0v) is 23.5. The number of ether oxygens (including phenoxy) is 3. The first-order chi connectivity index (χ1) is 20.9. The van der Waals surface area contributed by atoms with E-state index in [9.17, 15) is 9.90 Å². The highest BCUT2D eigenvalue weighted by Crippen LogP contribution is 2.34. The van der Waals surface area contributed by atoms with Crippen LogP contribution in [0.15, 0.2) is 54.6 Å². The van der Waals surface area contributed by atoms with E-state index >= 15 is 8.78 Å². The Hall–Kier alpha value is -3.90. The molecule has 11 heteroatoms. The Morgan fingerprint density at radius 1 is 1.07 bits per heavy atom. The molecule has 2 saturated heterocycles. The normalized spacial score (nSPS) is 19.4. The Balaban J connectivity index is 1.11. The van der Waals surface area contributed by atoms with E-state index in [0.29, 0.717) is 31.1 Å². The molecule has 0 aliphatic carbocycles. The Labute approximate surface area is 247 Å². The van der Waals surface area contributed by atoms with Gasteiger partial charge in [0.2, 0.25) is 0 Å². The second kappa shape index (κ2) is 12.8. The number of aromatic amines is 1. The average Bonchev–Trinajstić information content (AvgIpc) is 3.39. The van der Waals surface area contributed by atoms with Crippen molar-refractivity contribution in [3.05, 3.63) is 71.8 Å². The van der Waals surface area contributed by atoms with Crippen LogP contribution in [-0.2, 0) is 20.8 Å². The number of halogens is 2. The number of aliphatic carboxylic acids is 1. The van der Waals surface area contributed by atoms with E-state index in [0.717, 1.165) is 30.8 Å². The molecule has 2 aliphatic heterocycles. The fraction of sp³-hybridized carbons (Fsp3) is 0.375. The summed E-state index contributed by atoms with van der Waals surface area (Å²) in [6.45, 7) is 4.14. The maximum atomic E-state index is 15.6. The smallest absolute Gasteiger partial charge is 0.332 e. The number of nitrogens with one attached hydrogen (secondary N) is 1. The molecule has 1 aromatic heterocycles. The molecule has 2 fully saturated rings. The number of aromatic nitrogens is 2. The van der Waals surface area contributed by atoms with Crippen LogP contribution in [0.3, 0.4) is 0 Å². The number of carboxylic acids is 1. The number of rotatable bonds is 11. The minimum absolute atomic E-state index is 0.00118. The zero-order valence-electron chi connectivity index (χ0n) is 23.5. The molecule has 226 valence electrons. The van der Waals surface area contributed by atoms with E-state index in [-0.39, 0.29) is 42.2 Å². The number of fused-ring (bicyclic) bond motifs is 1. The molecule has 0 saturated carbocycles. The molecule has 43 heavy (non-hydrogen) atoms. The van der Waals surface area contributed by atoms with Gasteiger partial charge in [-0.25, -0.2) is 13.6 Å².